The minimum Gasteiger partial charge on any atom is -0.354 e. The summed E-state index contributed by atoms with van der Waals surface area (Å²) in [6, 6.07) is 19.6. The first kappa shape index (κ1) is 30.2. The molecule has 0 fully saturated rings. The summed E-state index contributed by atoms with van der Waals surface area (Å²) in [5.41, 5.74) is 2.90. The average molecular weight is 570 g/mol. The van der Waals surface area contributed by atoms with Crippen molar-refractivity contribution in [2.45, 2.75) is 52.1 Å². The van der Waals surface area contributed by atoms with E-state index in [0.717, 1.165) is 21.0 Å². The van der Waals surface area contributed by atoms with Crippen LogP contribution >= 0.6 is 11.6 Å². The molecular weight excluding hydrogens is 534 g/mol. The van der Waals surface area contributed by atoms with Gasteiger partial charge in [0, 0.05) is 13.1 Å². The van der Waals surface area contributed by atoms with Crippen LogP contribution in [-0.2, 0) is 26.2 Å². The fourth-order valence-electron chi connectivity index (χ4n) is 4.01. The molecule has 3 rings (SSSR count). The largest absolute Gasteiger partial charge is 0.354 e. The topological polar surface area (TPSA) is 86.8 Å². The first-order valence-electron chi connectivity index (χ1n) is 12.9. The molecule has 1 atom stereocenters. The van der Waals surface area contributed by atoms with E-state index < -0.39 is 28.5 Å². The Kier molecular flexibility index (Phi) is 10.2. The van der Waals surface area contributed by atoms with Crippen LogP contribution < -0.4 is 9.62 Å². The van der Waals surface area contributed by atoms with E-state index in [1.807, 2.05) is 52.0 Å². The van der Waals surface area contributed by atoms with Crippen molar-refractivity contribution in [3.05, 3.63) is 94.5 Å². The number of hydrogen-bond donors (Lipinski definition) is 1. The molecule has 1 unspecified atom stereocenters. The summed E-state index contributed by atoms with van der Waals surface area (Å²) >= 11 is 6.44. The molecule has 0 radical (unpaired) electrons. The lowest BCUT2D eigenvalue weighted by Gasteiger charge is -2.32. The van der Waals surface area contributed by atoms with Crippen LogP contribution in [0.4, 0.5) is 5.69 Å². The number of nitrogens with one attached hydrogen (secondary N) is 1. The van der Waals surface area contributed by atoms with E-state index in [2.05, 4.69) is 5.32 Å². The van der Waals surface area contributed by atoms with Crippen LogP contribution in [0.5, 0.6) is 0 Å². The molecule has 0 aromatic heterocycles. The summed E-state index contributed by atoms with van der Waals surface area (Å²) in [6.45, 7) is 9.48. The first-order chi connectivity index (χ1) is 18.4. The number of carbonyl (C=O) groups is 2. The van der Waals surface area contributed by atoms with Crippen molar-refractivity contribution >= 4 is 39.1 Å². The number of anilines is 1. The molecule has 1 N–H and O–H groups in total. The summed E-state index contributed by atoms with van der Waals surface area (Å²) < 4.78 is 28.8. The van der Waals surface area contributed by atoms with Crippen LogP contribution in [0.3, 0.4) is 0 Å². The van der Waals surface area contributed by atoms with Crippen molar-refractivity contribution in [1.82, 2.24) is 10.2 Å². The van der Waals surface area contributed by atoms with E-state index in [9.17, 15) is 18.0 Å². The Morgan fingerprint density at radius 2 is 1.51 bits per heavy atom. The Hall–Kier alpha value is -3.36. The Morgan fingerprint density at radius 3 is 2.13 bits per heavy atom. The van der Waals surface area contributed by atoms with Gasteiger partial charge in [0.1, 0.15) is 12.6 Å². The summed E-state index contributed by atoms with van der Waals surface area (Å²) in [4.78, 5) is 28.5. The second kappa shape index (κ2) is 13.1. The van der Waals surface area contributed by atoms with Crippen molar-refractivity contribution in [3.63, 3.8) is 0 Å². The minimum atomic E-state index is -4.17. The number of sulfonamides is 1. The molecule has 208 valence electrons. The standard InChI is InChI=1S/C30H36ClN3O4S/c1-21(2)18-32-30(36)24(5)33(19-25-11-7-6-10-23(25)4)29(35)20-34(28-13-9-8-12-27(28)31)39(37,38)26-16-14-22(3)15-17-26/h6-17,21,24H,18-20H2,1-5H3,(H,32,36). The van der Waals surface area contributed by atoms with Gasteiger partial charge in [0.15, 0.2) is 0 Å². The number of aryl methyl sites for hydroxylation is 2. The molecule has 0 spiro atoms. The summed E-state index contributed by atoms with van der Waals surface area (Å²) in [6.07, 6.45) is 0. The second-order valence-electron chi connectivity index (χ2n) is 10.0. The van der Waals surface area contributed by atoms with Crippen molar-refractivity contribution < 1.29 is 18.0 Å². The number of hydrogen-bond acceptors (Lipinski definition) is 4. The molecule has 39 heavy (non-hydrogen) atoms. The van der Waals surface area contributed by atoms with Crippen molar-refractivity contribution in [1.29, 1.82) is 0 Å². The molecule has 0 heterocycles. The van der Waals surface area contributed by atoms with Gasteiger partial charge in [-0.3, -0.25) is 13.9 Å². The van der Waals surface area contributed by atoms with Gasteiger partial charge in [-0.05, 0) is 62.1 Å². The molecule has 3 aromatic rings. The fourth-order valence-corrected chi connectivity index (χ4v) is 5.73. The molecule has 0 aliphatic heterocycles. The Labute approximate surface area is 236 Å². The first-order valence-corrected chi connectivity index (χ1v) is 14.7. The van der Waals surface area contributed by atoms with E-state index in [0.29, 0.717) is 6.54 Å². The monoisotopic (exact) mass is 569 g/mol. The average Bonchev–Trinajstić information content (AvgIpc) is 2.90. The van der Waals surface area contributed by atoms with Crippen molar-refractivity contribution in [2.75, 3.05) is 17.4 Å². The third kappa shape index (κ3) is 7.61. The molecule has 0 saturated carbocycles. The number of rotatable bonds is 11. The third-order valence-corrected chi connectivity index (χ3v) is 8.56. The summed E-state index contributed by atoms with van der Waals surface area (Å²) in [5, 5.41) is 3.08. The van der Waals surface area contributed by atoms with Crippen LogP contribution in [0.1, 0.15) is 37.5 Å². The van der Waals surface area contributed by atoms with E-state index in [1.54, 1.807) is 43.3 Å². The van der Waals surface area contributed by atoms with Crippen molar-refractivity contribution in [2.24, 2.45) is 5.92 Å². The number of nitrogens with zero attached hydrogens (tertiary/aromatic N) is 2. The zero-order chi connectivity index (χ0) is 28.7. The van der Waals surface area contributed by atoms with Gasteiger partial charge in [-0.2, -0.15) is 0 Å². The quantitative estimate of drug-likeness (QED) is 0.338. The normalized spacial score (nSPS) is 12.2. The predicted octanol–water partition coefficient (Wildman–Crippen LogP) is 5.34. The molecule has 7 nitrogen and oxygen atoms in total. The Morgan fingerprint density at radius 1 is 0.897 bits per heavy atom. The van der Waals surface area contributed by atoms with Gasteiger partial charge in [-0.15, -0.1) is 0 Å². The molecule has 2 amide bonds. The molecule has 9 heteroatoms. The second-order valence-corrected chi connectivity index (χ2v) is 12.3. The van der Waals surface area contributed by atoms with Gasteiger partial charge >= 0.3 is 0 Å². The number of carbonyl (C=O) groups excluding carboxylic acids is 2. The van der Waals surface area contributed by atoms with Crippen LogP contribution in [0.2, 0.25) is 5.02 Å². The maximum Gasteiger partial charge on any atom is 0.264 e. The molecule has 0 aliphatic rings. The van der Waals surface area contributed by atoms with Crippen LogP contribution in [0.25, 0.3) is 0 Å². The lowest BCUT2D eigenvalue weighted by molar-refractivity contribution is -0.139. The highest BCUT2D eigenvalue weighted by molar-refractivity contribution is 7.92. The molecule has 0 saturated heterocycles. The maximum absolute atomic E-state index is 14.0. The molecule has 0 aliphatic carbocycles. The van der Waals surface area contributed by atoms with Gasteiger partial charge in [0.05, 0.1) is 15.6 Å². The Bertz CT molecular complexity index is 1410. The number of para-hydroxylation sites is 1. The maximum atomic E-state index is 14.0. The molecule has 0 bridgehead atoms. The lowest BCUT2D eigenvalue weighted by atomic mass is 10.1. The summed E-state index contributed by atoms with van der Waals surface area (Å²) in [5.74, 6) is -0.602. The fraction of sp³-hybridized carbons (Fsp3) is 0.333. The number of amides is 2. The third-order valence-electron chi connectivity index (χ3n) is 6.46. The zero-order valence-corrected chi connectivity index (χ0v) is 24.6. The number of halogens is 1. The number of benzene rings is 3. The van der Waals surface area contributed by atoms with E-state index in [1.165, 1.54) is 17.0 Å². The molecular formula is C30H36ClN3O4S. The zero-order valence-electron chi connectivity index (χ0n) is 23.0. The summed E-state index contributed by atoms with van der Waals surface area (Å²) in [7, 11) is -4.17. The predicted molar refractivity (Wildman–Crippen MR) is 156 cm³/mol. The van der Waals surface area contributed by atoms with E-state index >= 15 is 0 Å². The van der Waals surface area contributed by atoms with Gasteiger partial charge in [-0.1, -0.05) is 79.5 Å². The van der Waals surface area contributed by atoms with Crippen LogP contribution in [0, 0.1) is 19.8 Å². The van der Waals surface area contributed by atoms with Gasteiger partial charge in [0.25, 0.3) is 10.0 Å². The van der Waals surface area contributed by atoms with Gasteiger partial charge < -0.3 is 10.2 Å². The highest BCUT2D eigenvalue weighted by atomic mass is 35.5. The highest BCUT2D eigenvalue weighted by Crippen LogP contribution is 2.31. The highest BCUT2D eigenvalue weighted by Gasteiger charge is 2.33. The van der Waals surface area contributed by atoms with Gasteiger partial charge in [-0.25, -0.2) is 8.42 Å². The molecule has 3 aromatic carbocycles. The van der Waals surface area contributed by atoms with Crippen molar-refractivity contribution in [3.8, 4) is 0 Å². The van der Waals surface area contributed by atoms with Gasteiger partial charge in [0.2, 0.25) is 11.8 Å². The van der Waals surface area contributed by atoms with Crippen LogP contribution in [-0.4, -0.2) is 44.3 Å². The van der Waals surface area contributed by atoms with Crippen LogP contribution in [0.15, 0.2) is 77.7 Å². The SMILES string of the molecule is Cc1ccc(S(=O)(=O)N(CC(=O)N(Cc2ccccc2C)C(C)C(=O)NCC(C)C)c2ccccc2Cl)cc1. The minimum absolute atomic E-state index is 0.0361. The lowest BCUT2D eigenvalue weighted by Crippen LogP contribution is -2.51. The van der Waals surface area contributed by atoms with E-state index in [4.69, 9.17) is 11.6 Å². The Balaban J connectivity index is 2.03. The van der Waals surface area contributed by atoms with E-state index in [-0.39, 0.29) is 34.0 Å². The smallest absolute Gasteiger partial charge is 0.264 e.